The highest BCUT2D eigenvalue weighted by atomic mass is 16.3. The van der Waals surface area contributed by atoms with Crippen LogP contribution in [0.1, 0.15) is 0 Å². The van der Waals surface area contributed by atoms with Gasteiger partial charge in [-0.1, -0.05) is 170 Å². The summed E-state index contributed by atoms with van der Waals surface area (Å²) in [5, 5.41) is 7.17. The SMILES string of the molecule is c1ccc(-c2ccc3oc4ccc(-c5c6ccccc6c(-c6c(-c7ccccc7)cccc6-c6ccccc6)c6ccccc56)cc4c3c2)cc1. The van der Waals surface area contributed by atoms with E-state index < -0.39 is 0 Å². The molecule has 0 radical (unpaired) electrons. The van der Waals surface area contributed by atoms with Crippen LogP contribution >= 0.6 is 0 Å². The molecule has 0 unspecified atom stereocenters. The number of fused-ring (bicyclic) bond motifs is 5. The first-order valence-electron chi connectivity index (χ1n) is 17.5. The molecule has 9 aromatic carbocycles. The first-order valence-corrected chi connectivity index (χ1v) is 17.5. The number of furan rings is 1. The number of hydrogen-bond donors (Lipinski definition) is 0. The largest absolute Gasteiger partial charge is 0.456 e. The molecule has 0 bridgehead atoms. The summed E-state index contributed by atoms with van der Waals surface area (Å²) in [6.45, 7) is 0. The number of hydrogen-bond acceptors (Lipinski definition) is 1. The van der Waals surface area contributed by atoms with Gasteiger partial charge in [0.2, 0.25) is 0 Å². The molecule has 1 heterocycles. The molecule has 0 aliphatic heterocycles. The number of rotatable bonds is 5. The van der Waals surface area contributed by atoms with Gasteiger partial charge >= 0.3 is 0 Å². The van der Waals surface area contributed by atoms with E-state index in [4.69, 9.17) is 4.42 Å². The summed E-state index contributed by atoms with van der Waals surface area (Å²) in [6, 6.07) is 70.0. The maximum atomic E-state index is 6.40. The van der Waals surface area contributed by atoms with Gasteiger partial charge < -0.3 is 4.42 Å². The van der Waals surface area contributed by atoms with Gasteiger partial charge in [0.1, 0.15) is 11.2 Å². The van der Waals surface area contributed by atoms with Crippen LogP contribution in [0.5, 0.6) is 0 Å². The first-order chi connectivity index (χ1) is 25.3. The molecule has 0 spiro atoms. The average molecular weight is 649 g/mol. The Hall–Kier alpha value is -6.70. The molecule has 10 aromatic rings. The van der Waals surface area contributed by atoms with E-state index in [0.717, 1.165) is 21.9 Å². The third-order valence-electron chi connectivity index (χ3n) is 10.3. The van der Waals surface area contributed by atoms with Gasteiger partial charge in [-0.15, -0.1) is 0 Å². The predicted octanol–water partition coefficient (Wildman–Crippen LogP) is 14.2. The van der Waals surface area contributed by atoms with Crippen LogP contribution in [0.25, 0.3) is 99.1 Å². The van der Waals surface area contributed by atoms with Crippen LogP contribution < -0.4 is 0 Å². The molecule has 0 amide bonds. The molecule has 1 nitrogen and oxygen atoms in total. The maximum absolute atomic E-state index is 6.40. The van der Waals surface area contributed by atoms with E-state index in [0.29, 0.717) is 0 Å². The Morgan fingerprint density at radius 3 is 1.16 bits per heavy atom. The predicted molar refractivity (Wildman–Crippen MR) is 216 cm³/mol. The van der Waals surface area contributed by atoms with Crippen molar-refractivity contribution in [3.8, 4) is 55.6 Å². The summed E-state index contributed by atoms with van der Waals surface area (Å²) >= 11 is 0. The maximum Gasteiger partial charge on any atom is 0.135 e. The van der Waals surface area contributed by atoms with Crippen LogP contribution in [0.4, 0.5) is 0 Å². The number of benzene rings is 9. The second kappa shape index (κ2) is 12.0. The van der Waals surface area contributed by atoms with Gasteiger partial charge in [-0.3, -0.25) is 0 Å². The third-order valence-corrected chi connectivity index (χ3v) is 10.3. The summed E-state index contributed by atoms with van der Waals surface area (Å²) in [6.07, 6.45) is 0. The van der Waals surface area contributed by atoms with Crippen molar-refractivity contribution in [1.29, 1.82) is 0 Å². The van der Waals surface area contributed by atoms with Crippen molar-refractivity contribution in [2.75, 3.05) is 0 Å². The lowest BCUT2D eigenvalue weighted by molar-refractivity contribution is 0.669. The molecule has 0 aliphatic rings. The molecule has 0 aliphatic carbocycles. The molecule has 238 valence electrons. The van der Waals surface area contributed by atoms with Crippen LogP contribution in [0.2, 0.25) is 0 Å². The Labute approximate surface area is 296 Å². The Balaban J connectivity index is 1.28. The molecule has 0 N–H and O–H groups in total. The Morgan fingerprint density at radius 1 is 0.235 bits per heavy atom. The van der Waals surface area contributed by atoms with Crippen molar-refractivity contribution >= 4 is 43.5 Å². The van der Waals surface area contributed by atoms with E-state index in [1.165, 1.54) is 77.2 Å². The summed E-state index contributed by atoms with van der Waals surface area (Å²) < 4.78 is 6.40. The minimum Gasteiger partial charge on any atom is -0.456 e. The minimum atomic E-state index is 0.897. The van der Waals surface area contributed by atoms with Gasteiger partial charge in [0, 0.05) is 10.8 Å². The molecule has 1 heteroatoms. The molecule has 10 rings (SSSR count). The van der Waals surface area contributed by atoms with Crippen LogP contribution in [0.15, 0.2) is 199 Å². The van der Waals surface area contributed by atoms with E-state index in [2.05, 4.69) is 194 Å². The van der Waals surface area contributed by atoms with Crippen LogP contribution in [-0.4, -0.2) is 0 Å². The standard InChI is InChI=1S/C50H32O/c1-4-15-33(16-5-1)36-27-29-46-44(31-36)45-32-37(28-30-47(45)51-46)48-40-21-10-12-23-42(40)50(43-24-13-11-22-41(43)48)49-38(34-17-6-2-7-18-34)25-14-26-39(49)35-19-8-3-9-20-35/h1-32H. The van der Waals surface area contributed by atoms with Crippen molar-refractivity contribution in [2.24, 2.45) is 0 Å². The highest BCUT2D eigenvalue weighted by molar-refractivity contribution is 6.24. The lowest BCUT2D eigenvalue weighted by atomic mass is 9.81. The summed E-state index contributed by atoms with van der Waals surface area (Å²) in [5.41, 5.74) is 13.9. The Morgan fingerprint density at radius 2 is 0.647 bits per heavy atom. The van der Waals surface area contributed by atoms with Crippen LogP contribution in [0, 0.1) is 0 Å². The Kier molecular flexibility index (Phi) is 6.89. The zero-order chi connectivity index (χ0) is 33.7. The van der Waals surface area contributed by atoms with Gasteiger partial charge in [-0.2, -0.15) is 0 Å². The fourth-order valence-electron chi connectivity index (χ4n) is 7.99. The quantitative estimate of drug-likeness (QED) is 0.169. The van der Waals surface area contributed by atoms with Crippen molar-refractivity contribution < 1.29 is 4.42 Å². The van der Waals surface area contributed by atoms with E-state index in [1.54, 1.807) is 0 Å². The van der Waals surface area contributed by atoms with E-state index in [9.17, 15) is 0 Å². The smallest absolute Gasteiger partial charge is 0.135 e. The van der Waals surface area contributed by atoms with E-state index >= 15 is 0 Å². The fourth-order valence-corrected chi connectivity index (χ4v) is 7.99. The second-order valence-corrected chi connectivity index (χ2v) is 13.2. The fraction of sp³-hybridized carbons (Fsp3) is 0. The molecule has 51 heavy (non-hydrogen) atoms. The molecule has 0 saturated heterocycles. The van der Waals surface area contributed by atoms with Crippen LogP contribution in [-0.2, 0) is 0 Å². The van der Waals surface area contributed by atoms with Gasteiger partial charge in [0.25, 0.3) is 0 Å². The van der Waals surface area contributed by atoms with Crippen molar-refractivity contribution in [3.63, 3.8) is 0 Å². The van der Waals surface area contributed by atoms with Crippen molar-refractivity contribution in [3.05, 3.63) is 194 Å². The first kappa shape index (κ1) is 29.2. The normalized spacial score (nSPS) is 11.5. The van der Waals surface area contributed by atoms with Gasteiger partial charge in [0.05, 0.1) is 0 Å². The van der Waals surface area contributed by atoms with Crippen molar-refractivity contribution in [2.45, 2.75) is 0 Å². The lowest BCUT2D eigenvalue weighted by Crippen LogP contribution is -1.95. The zero-order valence-corrected chi connectivity index (χ0v) is 27.9. The second-order valence-electron chi connectivity index (χ2n) is 13.2. The average Bonchev–Trinajstić information content (AvgIpc) is 3.58. The topological polar surface area (TPSA) is 13.1 Å². The lowest BCUT2D eigenvalue weighted by Gasteiger charge is -2.22. The van der Waals surface area contributed by atoms with Gasteiger partial charge in [0.15, 0.2) is 0 Å². The van der Waals surface area contributed by atoms with Crippen LogP contribution in [0.3, 0.4) is 0 Å². The minimum absolute atomic E-state index is 0.897. The monoisotopic (exact) mass is 648 g/mol. The molecular weight excluding hydrogens is 617 g/mol. The molecule has 0 fully saturated rings. The highest BCUT2D eigenvalue weighted by Gasteiger charge is 2.22. The van der Waals surface area contributed by atoms with Gasteiger partial charge in [-0.25, -0.2) is 0 Å². The molecular formula is C50H32O. The van der Waals surface area contributed by atoms with Gasteiger partial charge in [-0.05, 0) is 101 Å². The Bertz CT molecular complexity index is 2770. The highest BCUT2D eigenvalue weighted by Crippen LogP contribution is 2.49. The van der Waals surface area contributed by atoms with E-state index in [-0.39, 0.29) is 0 Å². The molecule has 0 saturated carbocycles. The van der Waals surface area contributed by atoms with E-state index in [1.807, 2.05) is 0 Å². The summed E-state index contributed by atoms with van der Waals surface area (Å²) in [7, 11) is 0. The summed E-state index contributed by atoms with van der Waals surface area (Å²) in [4.78, 5) is 0. The zero-order valence-electron chi connectivity index (χ0n) is 27.9. The summed E-state index contributed by atoms with van der Waals surface area (Å²) in [5.74, 6) is 0. The van der Waals surface area contributed by atoms with Crippen molar-refractivity contribution in [1.82, 2.24) is 0 Å². The third kappa shape index (κ3) is 4.86. The molecule has 1 aromatic heterocycles. The molecule has 0 atom stereocenters.